The number of hydrogen-bond donors (Lipinski definition) is 1. The molecule has 5 rings (SSSR count). The van der Waals surface area contributed by atoms with Crippen molar-refractivity contribution in [1.29, 1.82) is 0 Å². The standard InChI is InChI=1S/C30H33N7O/c1-5-21-13-14-26-24(16-21)17-25(29(38)32-26)27(28-33-34-35-37(28)30(2,3)4)36(19-22-10-7-6-8-11-22)20-23-12-9-15-31-18-23/h6-18,27H,5,19-20H2,1-4H3,(H,32,38)/t27-/m1/s1. The SMILES string of the molecule is CCc1ccc2[nH]c(=O)c([C@H](c3nnnn3C(C)(C)C)N(Cc3ccccc3)Cc3cccnc3)cc2c1. The van der Waals surface area contributed by atoms with Gasteiger partial charge in [0.05, 0.1) is 5.54 Å². The third-order valence-corrected chi connectivity index (χ3v) is 6.72. The van der Waals surface area contributed by atoms with Crippen LogP contribution in [0.25, 0.3) is 10.9 Å². The minimum Gasteiger partial charge on any atom is -0.322 e. The van der Waals surface area contributed by atoms with Gasteiger partial charge in [-0.15, -0.1) is 5.10 Å². The summed E-state index contributed by atoms with van der Waals surface area (Å²) in [4.78, 5) is 23.4. The number of aromatic nitrogens is 6. The number of H-pyrrole nitrogens is 1. The summed E-state index contributed by atoms with van der Waals surface area (Å²) in [7, 11) is 0. The lowest BCUT2D eigenvalue weighted by atomic mass is 9.99. The van der Waals surface area contributed by atoms with Gasteiger partial charge in [0.1, 0.15) is 6.04 Å². The highest BCUT2D eigenvalue weighted by Gasteiger charge is 2.33. The average molecular weight is 508 g/mol. The Morgan fingerprint density at radius 1 is 0.947 bits per heavy atom. The van der Waals surface area contributed by atoms with Crippen LogP contribution in [0.2, 0.25) is 0 Å². The zero-order chi connectivity index (χ0) is 26.7. The molecule has 0 aliphatic heterocycles. The van der Waals surface area contributed by atoms with Crippen molar-refractivity contribution in [2.75, 3.05) is 0 Å². The van der Waals surface area contributed by atoms with E-state index in [0.717, 1.165) is 28.5 Å². The van der Waals surface area contributed by atoms with Gasteiger partial charge in [-0.05, 0) is 84.0 Å². The maximum atomic E-state index is 13.7. The molecule has 2 aromatic carbocycles. The monoisotopic (exact) mass is 507 g/mol. The number of nitrogens with zero attached hydrogens (tertiary/aromatic N) is 6. The number of aryl methyl sites for hydroxylation is 1. The molecule has 1 N–H and O–H groups in total. The summed E-state index contributed by atoms with van der Waals surface area (Å²) >= 11 is 0. The van der Waals surface area contributed by atoms with Gasteiger partial charge >= 0.3 is 0 Å². The van der Waals surface area contributed by atoms with Crippen LogP contribution in [0.5, 0.6) is 0 Å². The molecule has 0 radical (unpaired) electrons. The van der Waals surface area contributed by atoms with E-state index in [2.05, 4.69) is 82.4 Å². The molecule has 3 aromatic heterocycles. The van der Waals surface area contributed by atoms with Crippen LogP contribution in [-0.4, -0.2) is 35.1 Å². The lowest BCUT2D eigenvalue weighted by Gasteiger charge is -2.33. The molecular formula is C30H33N7O. The summed E-state index contributed by atoms with van der Waals surface area (Å²) in [6.07, 6.45) is 4.54. The Bertz CT molecular complexity index is 1530. The smallest absolute Gasteiger partial charge is 0.253 e. The van der Waals surface area contributed by atoms with E-state index in [1.807, 2.05) is 53.3 Å². The summed E-state index contributed by atoms with van der Waals surface area (Å²) < 4.78 is 1.82. The fourth-order valence-corrected chi connectivity index (χ4v) is 4.82. The first-order valence-corrected chi connectivity index (χ1v) is 12.9. The summed E-state index contributed by atoms with van der Waals surface area (Å²) in [6, 6.07) is 21.9. The van der Waals surface area contributed by atoms with Gasteiger partial charge in [-0.1, -0.05) is 49.4 Å². The number of nitrogens with one attached hydrogen (secondary N) is 1. The zero-order valence-electron chi connectivity index (χ0n) is 22.3. The maximum Gasteiger partial charge on any atom is 0.253 e. The van der Waals surface area contributed by atoms with Gasteiger partial charge in [0.15, 0.2) is 5.82 Å². The quantitative estimate of drug-likeness (QED) is 0.317. The fraction of sp³-hybridized carbons (Fsp3) is 0.300. The molecule has 5 aromatic rings. The third kappa shape index (κ3) is 5.40. The number of hydrogen-bond acceptors (Lipinski definition) is 6. The normalized spacial score (nSPS) is 12.8. The second-order valence-electron chi connectivity index (χ2n) is 10.6. The summed E-state index contributed by atoms with van der Waals surface area (Å²) in [5.74, 6) is 0.619. The van der Waals surface area contributed by atoms with Crippen molar-refractivity contribution in [2.24, 2.45) is 0 Å². The lowest BCUT2D eigenvalue weighted by molar-refractivity contribution is 0.184. The van der Waals surface area contributed by atoms with E-state index in [-0.39, 0.29) is 11.1 Å². The summed E-state index contributed by atoms with van der Waals surface area (Å²) in [6.45, 7) is 9.45. The third-order valence-electron chi connectivity index (χ3n) is 6.72. The zero-order valence-corrected chi connectivity index (χ0v) is 22.3. The molecule has 0 fully saturated rings. The highest BCUT2D eigenvalue weighted by atomic mass is 16.1. The Hall–Kier alpha value is -4.17. The molecule has 38 heavy (non-hydrogen) atoms. The molecule has 1 atom stereocenters. The minimum absolute atomic E-state index is 0.153. The predicted molar refractivity (Wildman–Crippen MR) is 149 cm³/mol. The van der Waals surface area contributed by atoms with E-state index in [4.69, 9.17) is 0 Å². The van der Waals surface area contributed by atoms with Crippen molar-refractivity contribution in [3.63, 3.8) is 0 Å². The van der Waals surface area contributed by atoms with Crippen LogP contribution in [-0.2, 0) is 25.0 Å². The molecule has 3 heterocycles. The molecule has 194 valence electrons. The number of benzene rings is 2. The number of fused-ring (bicyclic) bond motifs is 1. The first kappa shape index (κ1) is 25.5. The number of tetrazole rings is 1. The molecule has 0 aliphatic rings. The Labute approximate surface area is 222 Å². The van der Waals surface area contributed by atoms with Crippen molar-refractivity contribution in [1.82, 2.24) is 35.1 Å². The summed E-state index contributed by atoms with van der Waals surface area (Å²) in [5.41, 5.74) is 4.25. The van der Waals surface area contributed by atoms with Crippen molar-refractivity contribution >= 4 is 10.9 Å². The van der Waals surface area contributed by atoms with E-state index < -0.39 is 6.04 Å². The van der Waals surface area contributed by atoms with Crippen LogP contribution in [0.15, 0.2) is 83.9 Å². The second kappa shape index (κ2) is 10.7. The van der Waals surface area contributed by atoms with Gasteiger partial charge in [-0.25, -0.2) is 4.68 Å². The van der Waals surface area contributed by atoms with E-state index in [0.29, 0.717) is 24.5 Å². The van der Waals surface area contributed by atoms with E-state index in [9.17, 15) is 4.79 Å². The fourth-order valence-electron chi connectivity index (χ4n) is 4.82. The molecule has 0 aliphatic carbocycles. The highest BCUT2D eigenvalue weighted by molar-refractivity contribution is 5.80. The number of rotatable bonds is 8. The van der Waals surface area contributed by atoms with Gasteiger partial charge in [0.2, 0.25) is 0 Å². The molecule has 0 saturated heterocycles. The van der Waals surface area contributed by atoms with Gasteiger partial charge in [0.25, 0.3) is 5.56 Å². The maximum absolute atomic E-state index is 13.7. The van der Waals surface area contributed by atoms with Crippen molar-refractivity contribution < 1.29 is 0 Å². The van der Waals surface area contributed by atoms with Crippen LogP contribution in [0, 0.1) is 0 Å². The number of pyridine rings is 2. The van der Waals surface area contributed by atoms with Crippen LogP contribution in [0.1, 0.15) is 61.8 Å². The Balaban J connectivity index is 1.73. The Morgan fingerprint density at radius 3 is 2.42 bits per heavy atom. The summed E-state index contributed by atoms with van der Waals surface area (Å²) in [5, 5.41) is 13.9. The molecule has 0 amide bonds. The molecule has 8 heteroatoms. The highest BCUT2D eigenvalue weighted by Crippen LogP contribution is 2.32. The molecule has 0 unspecified atom stereocenters. The average Bonchev–Trinajstić information content (AvgIpc) is 3.40. The predicted octanol–water partition coefficient (Wildman–Crippen LogP) is 5.02. The van der Waals surface area contributed by atoms with Gasteiger partial charge < -0.3 is 4.98 Å². The molecule has 0 spiro atoms. The van der Waals surface area contributed by atoms with Crippen LogP contribution >= 0.6 is 0 Å². The van der Waals surface area contributed by atoms with Gasteiger partial charge in [-0.2, -0.15) is 0 Å². The Morgan fingerprint density at radius 2 is 1.71 bits per heavy atom. The first-order chi connectivity index (χ1) is 18.3. The van der Waals surface area contributed by atoms with Crippen molar-refractivity contribution in [3.05, 3.63) is 118 Å². The van der Waals surface area contributed by atoms with Crippen LogP contribution in [0.4, 0.5) is 0 Å². The van der Waals surface area contributed by atoms with Crippen LogP contribution < -0.4 is 5.56 Å². The molecule has 0 saturated carbocycles. The van der Waals surface area contributed by atoms with E-state index >= 15 is 0 Å². The first-order valence-electron chi connectivity index (χ1n) is 12.9. The lowest BCUT2D eigenvalue weighted by Crippen LogP contribution is -2.37. The molecule has 0 bridgehead atoms. The van der Waals surface area contributed by atoms with Crippen LogP contribution in [0.3, 0.4) is 0 Å². The Kier molecular flexibility index (Phi) is 7.15. The minimum atomic E-state index is -0.511. The topological polar surface area (TPSA) is 92.6 Å². The van der Waals surface area contributed by atoms with Gasteiger partial charge in [0, 0.05) is 36.6 Å². The van der Waals surface area contributed by atoms with Gasteiger partial charge in [-0.3, -0.25) is 14.7 Å². The molecular weight excluding hydrogens is 474 g/mol. The van der Waals surface area contributed by atoms with Crippen molar-refractivity contribution in [3.8, 4) is 0 Å². The van der Waals surface area contributed by atoms with Crippen molar-refractivity contribution in [2.45, 2.75) is 58.8 Å². The second-order valence-corrected chi connectivity index (χ2v) is 10.6. The largest absolute Gasteiger partial charge is 0.322 e. The number of aromatic amines is 1. The van der Waals surface area contributed by atoms with E-state index in [1.54, 1.807) is 6.20 Å². The van der Waals surface area contributed by atoms with E-state index in [1.165, 1.54) is 5.56 Å². The molecule has 8 nitrogen and oxygen atoms in total.